The van der Waals surface area contributed by atoms with Gasteiger partial charge in [-0.2, -0.15) is 0 Å². The minimum atomic E-state index is -0.481. The molecule has 1 amide bonds. The Morgan fingerprint density at radius 3 is 3.13 bits per heavy atom. The maximum absolute atomic E-state index is 11.2. The number of carbonyl (C=O) groups excluding carboxylic acids is 2. The summed E-state index contributed by atoms with van der Waals surface area (Å²) < 4.78 is 4.54. The Kier molecular flexibility index (Phi) is 2.24. The minimum Gasteiger partial charge on any atom is -0.465 e. The fraction of sp³-hybridized carbons (Fsp3) is 0.222. The van der Waals surface area contributed by atoms with Crippen LogP contribution in [0, 0.1) is 0 Å². The number of hydrogen-bond acceptors (Lipinski definition) is 5. The van der Waals surface area contributed by atoms with E-state index in [-0.39, 0.29) is 12.5 Å². The third kappa shape index (κ3) is 1.74. The molecular weight excluding hydrogens is 198 g/mol. The number of esters is 1. The predicted octanol–water partition coefficient (Wildman–Crippen LogP) is 0.232. The molecule has 0 aromatic carbocycles. The van der Waals surface area contributed by atoms with Crippen molar-refractivity contribution in [2.75, 3.05) is 24.3 Å². The summed E-state index contributed by atoms with van der Waals surface area (Å²) in [7, 11) is 1.29. The second-order valence-electron chi connectivity index (χ2n) is 3.01. The highest BCUT2D eigenvalue weighted by Gasteiger charge is 2.17. The zero-order chi connectivity index (χ0) is 10.8. The Morgan fingerprint density at radius 1 is 1.60 bits per heavy atom. The van der Waals surface area contributed by atoms with E-state index in [2.05, 4.69) is 20.4 Å². The molecule has 0 atom stereocenters. The third-order valence-electron chi connectivity index (χ3n) is 2.00. The van der Waals surface area contributed by atoms with Crippen molar-refractivity contribution in [2.45, 2.75) is 0 Å². The number of pyridine rings is 1. The summed E-state index contributed by atoms with van der Waals surface area (Å²) in [6.07, 6.45) is 1.40. The molecule has 0 spiro atoms. The lowest BCUT2D eigenvalue weighted by molar-refractivity contribution is -0.114. The summed E-state index contributed by atoms with van der Waals surface area (Å²) in [6.45, 7) is 0.192. The Morgan fingerprint density at radius 2 is 2.40 bits per heavy atom. The lowest BCUT2D eigenvalue weighted by Gasteiger charge is -2.17. The molecule has 0 saturated carbocycles. The minimum absolute atomic E-state index is 0.161. The number of amides is 1. The fourth-order valence-electron chi connectivity index (χ4n) is 1.29. The molecule has 0 aliphatic carbocycles. The highest BCUT2D eigenvalue weighted by Crippen LogP contribution is 2.22. The first-order valence-corrected chi connectivity index (χ1v) is 4.33. The summed E-state index contributed by atoms with van der Waals surface area (Å²) in [5, 5.41) is 5.43. The van der Waals surface area contributed by atoms with Crippen LogP contribution in [0.1, 0.15) is 10.4 Å². The van der Waals surface area contributed by atoms with Crippen LogP contribution in [0.25, 0.3) is 0 Å². The van der Waals surface area contributed by atoms with Gasteiger partial charge in [-0.05, 0) is 6.07 Å². The van der Waals surface area contributed by atoms with Gasteiger partial charge >= 0.3 is 5.97 Å². The summed E-state index contributed by atoms with van der Waals surface area (Å²) in [5.74, 6) is -0.0845. The normalized spacial score (nSPS) is 13.5. The van der Waals surface area contributed by atoms with Crippen molar-refractivity contribution in [2.24, 2.45) is 0 Å². The summed E-state index contributed by atoms with van der Waals surface area (Å²) in [4.78, 5) is 26.2. The first-order chi connectivity index (χ1) is 7.20. The maximum atomic E-state index is 11.2. The molecule has 1 aromatic heterocycles. The molecule has 6 nitrogen and oxygen atoms in total. The molecule has 2 heterocycles. The summed E-state index contributed by atoms with van der Waals surface area (Å²) in [6, 6.07) is 1.53. The van der Waals surface area contributed by atoms with E-state index in [1.165, 1.54) is 19.4 Å². The van der Waals surface area contributed by atoms with Crippen LogP contribution in [0.2, 0.25) is 0 Å². The quantitative estimate of drug-likeness (QED) is 0.644. The number of methoxy groups -OCH3 is 1. The van der Waals surface area contributed by atoms with Gasteiger partial charge in [0.2, 0.25) is 5.91 Å². The fourth-order valence-corrected chi connectivity index (χ4v) is 1.29. The topological polar surface area (TPSA) is 80.3 Å². The zero-order valence-corrected chi connectivity index (χ0v) is 8.03. The standard InChI is InChI=1S/C9H9N3O3/c1-15-9(14)5-2-6-8(10-3-5)11-4-7(13)12-6/h2-3H,4H2,1H3,(H,10,11)(H,12,13). The van der Waals surface area contributed by atoms with Crippen molar-refractivity contribution < 1.29 is 14.3 Å². The van der Waals surface area contributed by atoms with Crippen molar-refractivity contribution in [3.8, 4) is 0 Å². The molecule has 0 radical (unpaired) electrons. The molecule has 2 N–H and O–H groups in total. The number of hydrogen-bond donors (Lipinski definition) is 2. The second kappa shape index (κ2) is 3.56. The van der Waals surface area contributed by atoms with Crippen LogP contribution >= 0.6 is 0 Å². The second-order valence-corrected chi connectivity index (χ2v) is 3.01. The van der Waals surface area contributed by atoms with Crippen LogP contribution in [-0.4, -0.2) is 30.5 Å². The first-order valence-electron chi connectivity index (χ1n) is 4.33. The number of anilines is 2. The van der Waals surface area contributed by atoms with E-state index < -0.39 is 5.97 Å². The van der Waals surface area contributed by atoms with E-state index in [1.807, 2.05) is 0 Å². The van der Waals surface area contributed by atoms with Gasteiger partial charge in [-0.15, -0.1) is 0 Å². The van der Waals surface area contributed by atoms with Crippen molar-refractivity contribution in [3.05, 3.63) is 17.8 Å². The predicted molar refractivity (Wildman–Crippen MR) is 52.7 cm³/mol. The van der Waals surface area contributed by atoms with Gasteiger partial charge in [0.05, 0.1) is 24.9 Å². The molecule has 0 unspecified atom stereocenters. The molecule has 1 aliphatic rings. The Hall–Kier alpha value is -2.11. The molecule has 1 aromatic rings. The van der Waals surface area contributed by atoms with Crippen molar-refractivity contribution in [1.82, 2.24) is 4.98 Å². The Bertz CT molecular complexity index is 431. The number of ether oxygens (including phenoxy) is 1. The maximum Gasteiger partial charge on any atom is 0.339 e. The Labute approximate surface area is 85.6 Å². The van der Waals surface area contributed by atoms with E-state index >= 15 is 0 Å². The lowest BCUT2D eigenvalue weighted by atomic mass is 10.2. The molecule has 6 heteroatoms. The number of carbonyl (C=O) groups is 2. The van der Waals surface area contributed by atoms with Crippen LogP contribution in [-0.2, 0) is 9.53 Å². The van der Waals surface area contributed by atoms with E-state index in [4.69, 9.17) is 0 Å². The van der Waals surface area contributed by atoms with Gasteiger partial charge in [-0.3, -0.25) is 4.79 Å². The number of fused-ring (bicyclic) bond motifs is 1. The van der Waals surface area contributed by atoms with Gasteiger partial charge in [-0.1, -0.05) is 0 Å². The van der Waals surface area contributed by atoms with Crippen molar-refractivity contribution in [1.29, 1.82) is 0 Å². The van der Waals surface area contributed by atoms with E-state index in [0.29, 0.717) is 17.1 Å². The van der Waals surface area contributed by atoms with Crippen LogP contribution in [0.15, 0.2) is 12.3 Å². The largest absolute Gasteiger partial charge is 0.465 e. The molecule has 0 saturated heterocycles. The molecule has 0 fully saturated rings. The van der Waals surface area contributed by atoms with Gasteiger partial charge in [0.25, 0.3) is 0 Å². The van der Waals surface area contributed by atoms with Gasteiger partial charge in [0.1, 0.15) is 5.82 Å². The van der Waals surface area contributed by atoms with E-state index in [0.717, 1.165) is 0 Å². The number of aromatic nitrogens is 1. The van der Waals surface area contributed by atoms with Gasteiger partial charge < -0.3 is 15.4 Å². The van der Waals surface area contributed by atoms with Gasteiger partial charge in [0, 0.05) is 6.20 Å². The zero-order valence-electron chi connectivity index (χ0n) is 8.03. The molecule has 15 heavy (non-hydrogen) atoms. The highest BCUT2D eigenvalue weighted by atomic mass is 16.5. The SMILES string of the molecule is COC(=O)c1cnc2c(c1)NC(=O)CN2. The third-order valence-corrected chi connectivity index (χ3v) is 2.00. The van der Waals surface area contributed by atoms with Gasteiger partial charge in [-0.25, -0.2) is 9.78 Å². The van der Waals surface area contributed by atoms with Crippen LogP contribution < -0.4 is 10.6 Å². The van der Waals surface area contributed by atoms with E-state index in [1.54, 1.807) is 0 Å². The van der Waals surface area contributed by atoms with Crippen LogP contribution in [0.5, 0.6) is 0 Å². The van der Waals surface area contributed by atoms with Crippen LogP contribution in [0.4, 0.5) is 11.5 Å². The lowest BCUT2D eigenvalue weighted by Crippen LogP contribution is -2.28. The number of rotatable bonds is 1. The van der Waals surface area contributed by atoms with E-state index in [9.17, 15) is 9.59 Å². The molecule has 78 valence electrons. The Balaban J connectivity index is 2.36. The van der Waals surface area contributed by atoms with Crippen molar-refractivity contribution >= 4 is 23.4 Å². The first kappa shape index (κ1) is 9.45. The average molecular weight is 207 g/mol. The highest BCUT2D eigenvalue weighted by molar-refractivity contribution is 6.01. The van der Waals surface area contributed by atoms with Crippen LogP contribution in [0.3, 0.4) is 0 Å². The molecule has 2 rings (SSSR count). The van der Waals surface area contributed by atoms with Crippen molar-refractivity contribution in [3.63, 3.8) is 0 Å². The van der Waals surface area contributed by atoms with Gasteiger partial charge in [0.15, 0.2) is 0 Å². The molecular formula is C9H9N3O3. The summed E-state index contributed by atoms with van der Waals surface area (Å²) in [5.41, 5.74) is 0.800. The molecule has 0 bridgehead atoms. The monoisotopic (exact) mass is 207 g/mol. The number of nitrogens with one attached hydrogen (secondary N) is 2. The summed E-state index contributed by atoms with van der Waals surface area (Å²) >= 11 is 0. The smallest absolute Gasteiger partial charge is 0.339 e. The number of nitrogens with zero attached hydrogens (tertiary/aromatic N) is 1. The molecule has 1 aliphatic heterocycles. The average Bonchev–Trinajstić information content (AvgIpc) is 2.27.